The predicted octanol–water partition coefficient (Wildman–Crippen LogP) is 3.70. The summed E-state index contributed by atoms with van der Waals surface area (Å²) in [6, 6.07) is 7.42. The number of hydrogen-bond acceptors (Lipinski definition) is 2. The zero-order valence-electron chi connectivity index (χ0n) is 10.5. The van der Waals surface area contributed by atoms with Crippen LogP contribution in [0.1, 0.15) is 44.5 Å². The molecule has 1 atom stereocenters. The van der Waals surface area contributed by atoms with Gasteiger partial charge in [-0.15, -0.1) is 0 Å². The lowest BCUT2D eigenvalue weighted by Gasteiger charge is -2.18. The molecule has 0 aliphatic carbocycles. The highest BCUT2D eigenvalue weighted by atomic mass is 16.5. The Morgan fingerprint density at radius 2 is 2.00 bits per heavy atom. The third-order valence-electron chi connectivity index (χ3n) is 2.74. The highest BCUT2D eigenvalue weighted by Crippen LogP contribution is 2.18. The Balaban J connectivity index is 2.78. The molecule has 0 heterocycles. The summed E-state index contributed by atoms with van der Waals surface area (Å²) in [7, 11) is 0. The van der Waals surface area contributed by atoms with Crippen molar-refractivity contribution in [2.45, 2.75) is 40.2 Å². The van der Waals surface area contributed by atoms with E-state index in [0.717, 1.165) is 11.3 Å². The van der Waals surface area contributed by atoms with Gasteiger partial charge in [0.1, 0.15) is 5.75 Å². The second-order valence-electron chi connectivity index (χ2n) is 4.37. The third-order valence-corrected chi connectivity index (χ3v) is 2.74. The van der Waals surface area contributed by atoms with Gasteiger partial charge in [-0.1, -0.05) is 32.9 Å². The topological polar surface area (TPSA) is 26.3 Å². The first-order valence-electron chi connectivity index (χ1n) is 5.84. The molecule has 0 aliphatic rings. The monoisotopic (exact) mass is 220 g/mol. The van der Waals surface area contributed by atoms with Crippen molar-refractivity contribution in [2.24, 2.45) is 5.92 Å². The Hall–Kier alpha value is -1.31. The minimum Gasteiger partial charge on any atom is -0.490 e. The number of ketones is 1. The van der Waals surface area contributed by atoms with E-state index in [-0.39, 0.29) is 11.9 Å². The average molecular weight is 220 g/mol. The molecule has 0 N–H and O–H groups in total. The van der Waals surface area contributed by atoms with Crippen molar-refractivity contribution in [3.63, 3.8) is 0 Å². The van der Waals surface area contributed by atoms with Crippen molar-refractivity contribution < 1.29 is 9.53 Å². The molecular formula is C14H20O2. The van der Waals surface area contributed by atoms with Crippen LogP contribution in [0.15, 0.2) is 24.3 Å². The van der Waals surface area contributed by atoms with E-state index >= 15 is 0 Å². The van der Waals surface area contributed by atoms with Crippen LogP contribution in [-0.4, -0.2) is 11.9 Å². The maximum absolute atomic E-state index is 11.5. The lowest BCUT2D eigenvalue weighted by atomic mass is 10.1. The predicted molar refractivity (Wildman–Crippen MR) is 66.0 cm³/mol. The van der Waals surface area contributed by atoms with Gasteiger partial charge in [0.25, 0.3) is 0 Å². The fraction of sp³-hybridized carbons (Fsp3) is 0.500. The Morgan fingerprint density at radius 1 is 1.31 bits per heavy atom. The van der Waals surface area contributed by atoms with E-state index in [1.807, 2.05) is 38.1 Å². The standard InChI is InChI=1S/C14H20O2/c1-5-14(15)12-7-6-8-13(9-12)16-11(4)10(2)3/h6-11H,5H2,1-4H3. The molecule has 0 radical (unpaired) electrons. The molecule has 16 heavy (non-hydrogen) atoms. The molecule has 1 rings (SSSR count). The second-order valence-corrected chi connectivity index (χ2v) is 4.37. The lowest BCUT2D eigenvalue weighted by Crippen LogP contribution is -2.18. The summed E-state index contributed by atoms with van der Waals surface area (Å²) in [6.45, 7) is 8.14. The number of Topliss-reactive ketones (excluding diaryl/α,β-unsaturated/α-hetero) is 1. The largest absolute Gasteiger partial charge is 0.490 e. The van der Waals surface area contributed by atoms with Crippen molar-refractivity contribution in [3.8, 4) is 5.75 Å². The number of hydrogen-bond donors (Lipinski definition) is 0. The van der Waals surface area contributed by atoms with Crippen molar-refractivity contribution in [1.82, 2.24) is 0 Å². The van der Waals surface area contributed by atoms with E-state index in [4.69, 9.17) is 4.74 Å². The zero-order chi connectivity index (χ0) is 12.1. The van der Waals surface area contributed by atoms with E-state index in [0.29, 0.717) is 12.3 Å². The molecular weight excluding hydrogens is 200 g/mol. The van der Waals surface area contributed by atoms with Crippen molar-refractivity contribution in [3.05, 3.63) is 29.8 Å². The Kier molecular flexibility index (Phi) is 4.53. The Labute approximate surface area is 97.6 Å². The highest BCUT2D eigenvalue weighted by Gasteiger charge is 2.10. The summed E-state index contributed by atoms with van der Waals surface area (Å²) in [6.07, 6.45) is 0.690. The third kappa shape index (κ3) is 3.37. The molecule has 0 fully saturated rings. The number of rotatable bonds is 5. The van der Waals surface area contributed by atoms with Crippen LogP contribution in [0.5, 0.6) is 5.75 Å². The van der Waals surface area contributed by atoms with Gasteiger partial charge in [-0.05, 0) is 25.0 Å². The Morgan fingerprint density at radius 3 is 2.56 bits per heavy atom. The number of benzene rings is 1. The molecule has 0 spiro atoms. The molecule has 1 aromatic rings. The normalized spacial score (nSPS) is 12.6. The van der Waals surface area contributed by atoms with E-state index in [9.17, 15) is 4.79 Å². The van der Waals surface area contributed by atoms with Crippen LogP contribution in [0.3, 0.4) is 0 Å². The molecule has 0 aromatic heterocycles. The smallest absolute Gasteiger partial charge is 0.162 e. The van der Waals surface area contributed by atoms with Crippen LogP contribution >= 0.6 is 0 Å². The fourth-order valence-electron chi connectivity index (χ4n) is 1.30. The van der Waals surface area contributed by atoms with Gasteiger partial charge in [0, 0.05) is 12.0 Å². The summed E-state index contributed by atoms with van der Waals surface area (Å²) >= 11 is 0. The summed E-state index contributed by atoms with van der Waals surface area (Å²) < 4.78 is 5.76. The molecule has 2 heteroatoms. The van der Waals surface area contributed by atoms with Crippen molar-refractivity contribution in [1.29, 1.82) is 0 Å². The van der Waals surface area contributed by atoms with Gasteiger partial charge in [-0.3, -0.25) is 4.79 Å². The number of carbonyl (C=O) groups excluding carboxylic acids is 1. The minimum absolute atomic E-state index is 0.155. The van der Waals surface area contributed by atoms with Crippen LogP contribution < -0.4 is 4.74 Å². The van der Waals surface area contributed by atoms with Crippen LogP contribution in [0.4, 0.5) is 0 Å². The van der Waals surface area contributed by atoms with Crippen LogP contribution in [0.2, 0.25) is 0 Å². The maximum atomic E-state index is 11.5. The Bertz CT molecular complexity index is 356. The van der Waals surface area contributed by atoms with E-state index in [1.165, 1.54) is 0 Å². The lowest BCUT2D eigenvalue weighted by molar-refractivity contribution is 0.0987. The summed E-state index contributed by atoms with van der Waals surface area (Å²) in [5.74, 6) is 1.40. The van der Waals surface area contributed by atoms with Gasteiger partial charge in [-0.2, -0.15) is 0 Å². The molecule has 0 amide bonds. The molecule has 1 aromatic carbocycles. The number of carbonyl (C=O) groups is 1. The minimum atomic E-state index is 0.155. The maximum Gasteiger partial charge on any atom is 0.162 e. The number of ether oxygens (including phenoxy) is 1. The van der Waals surface area contributed by atoms with E-state index < -0.39 is 0 Å². The quantitative estimate of drug-likeness (QED) is 0.707. The highest BCUT2D eigenvalue weighted by molar-refractivity contribution is 5.96. The van der Waals surface area contributed by atoms with E-state index in [1.54, 1.807) is 0 Å². The molecule has 0 aliphatic heterocycles. The van der Waals surface area contributed by atoms with Gasteiger partial charge in [0.15, 0.2) is 5.78 Å². The van der Waals surface area contributed by atoms with Gasteiger partial charge >= 0.3 is 0 Å². The van der Waals surface area contributed by atoms with E-state index in [2.05, 4.69) is 13.8 Å². The second kappa shape index (κ2) is 5.69. The summed E-state index contributed by atoms with van der Waals surface area (Å²) in [5.41, 5.74) is 0.732. The van der Waals surface area contributed by atoms with Crippen LogP contribution in [0, 0.1) is 5.92 Å². The SMILES string of the molecule is CCC(=O)c1cccc(OC(C)C(C)C)c1. The fourth-order valence-corrected chi connectivity index (χ4v) is 1.30. The van der Waals surface area contributed by atoms with Crippen LogP contribution in [-0.2, 0) is 0 Å². The average Bonchev–Trinajstić information content (AvgIpc) is 2.28. The first kappa shape index (κ1) is 12.8. The first-order valence-corrected chi connectivity index (χ1v) is 5.84. The van der Waals surface area contributed by atoms with Crippen molar-refractivity contribution >= 4 is 5.78 Å². The summed E-state index contributed by atoms with van der Waals surface area (Å²) in [4.78, 5) is 11.5. The van der Waals surface area contributed by atoms with Gasteiger partial charge < -0.3 is 4.74 Å². The molecule has 0 bridgehead atoms. The van der Waals surface area contributed by atoms with Gasteiger partial charge in [0.05, 0.1) is 6.10 Å². The van der Waals surface area contributed by atoms with Gasteiger partial charge in [-0.25, -0.2) is 0 Å². The first-order chi connectivity index (χ1) is 7.54. The molecule has 0 saturated carbocycles. The summed E-state index contributed by atoms with van der Waals surface area (Å²) in [5, 5.41) is 0. The molecule has 1 unspecified atom stereocenters. The molecule has 2 nitrogen and oxygen atoms in total. The zero-order valence-corrected chi connectivity index (χ0v) is 10.5. The molecule has 0 saturated heterocycles. The molecule has 88 valence electrons. The van der Waals surface area contributed by atoms with Gasteiger partial charge in [0.2, 0.25) is 0 Å². The van der Waals surface area contributed by atoms with Crippen molar-refractivity contribution in [2.75, 3.05) is 0 Å². The van der Waals surface area contributed by atoms with Crippen LogP contribution in [0.25, 0.3) is 0 Å².